The van der Waals surface area contributed by atoms with Crippen LogP contribution in [0.3, 0.4) is 0 Å². The number of aromatic nitrogens is 3. The number of rotatable bonds is 4. The summed E-state index contributed by atoms with van der Waals surface area (Å²) in [4.78, 5) is 18.0. The monoisotopic (exact) mass is 347 g/mol. The molecule has 1 fully saturated rings. The number of hydrogen-bond acceptors (Lipinski definition) is 7. The summed E-state index contributed by atoms with van der Waals surface area (Å²) in [5.74, 6) is 0.0651. The van der Waals surface area contributed by atoms with Crippen molar-refractivity contribution >= 4 is 28.1 Å². The Labute approximate surface area is 145 Å². The van der Waals surface area contributed by atoms with Crippen molar-refractivity contribution in [2.75, 3.05) is 25.0 Å². The molecule has 2 aromatic rings. The maximum Gasteiger partial charge on any atom is 0.219 e. The zero-order chi connectivity index (χ0) is 17.1. The Morgan fingerprint density at radius 2 is 2.29 bits per heavy atom. The largest absolute Gasteiger partial charge is 0.368 e. The van der Waals surface area contributed by atoms with Crippen LogP contribution in [0, 0.1) is 6.92 Å². The highest BCUT2D eigenvalue weighted by Crippen LogP contribution is 2.26. The van der Waals surface area contributed by atoms with Crippen LogP contribution in [-0.4, -0.2) is 45.7 Å². The molecule has 0 aliphatic carbocycles. The van der Waals surface area contributed by atoms with Crippen LogP contribution in [0.4, 0.5) is 10.8 Å². The fourth-order valence-corrected chi connectivity index (χ4v) is 3.32. The van der Waals surface area contributed by atoms with Gasteiger partial charge in [0.1, 0.15) is 11.1 Å². The molecule has 7 nitrogen and oxygen atoms in total. The van der Waals surface area contributed by atoms with Crippen LogP contribution < -0.4 is 5.32 Å². The van der Waals surface area contributed by atoms with Crippen LogP contribution in [0.15, 0.2) is 12.1 Å². The smallest absolute Gasteiger partial charge is 0.219 e. The van der Waals surface area contributed by atoms with Crippen molar-refractivity contribution in [3.8, 4) is 0 Å². The minimum absolute atomic E-state index is 0.0651. The minimum atomic E-state index is -0.205. The second-order valence-corrected chi connectivity index (χ2v) is 6.79. The Morgan fingerprint density at radius 1 is 1.46 bits per heavy atom. The lowest BCUT2D eigenvalue weighted by molar-refractivity contribution is -0.136. The first-order chi connectivity index (χ1) is 11.5. The summed E-state index contributed by atoms with van der Waals surface area (Å²) >= 11 is 1.54. The molecule has 1 saturated heterocycles. The number of morpholine rings is 1. The van der Waals surface area contributed by atoms with Crippen LogP contribution >= 0.6 is 11.3 Å². The van der Waals surface area contributed by atoms with Gasteiger partial charge in [-0.25, -0.2) is 0 Å². The molecule has 1 unspecified atom stereocenters. The van der Waals surface area contributed by atoms with Gasteiger partial charge in [-0.05, 0) is 25.5 Å². The summed E-state index contributed by atoms with van der Waals surface area (Å²) in [7, 11) is 0. The topological polar surface area (TPSA) is 80.2 Å². The van der Waals surface area contributed by atoms with E-state index in [1.54, 1.807) is 23.2 Å². The molecule has 1 atom stereocenters. The molecular formula is C16H21N5O2S. The summed E-state index contributed by atoms with van der Waals surface area (Å²) in [6, 6.07) is 3.91. The van der Waals surface area contributed by atoms with E-state index in [1.165, 1.54) is 0 Å². The molecular weight excluding hydrogens is 326 g/mol. The van der Waals surface area contributed by atoms with E-state index in [9.17, 15) is 4.79 Å². The quantitative estimate of drug-likeness (QED) is 0.915. The van der Waals surface area contributed by atoms with Gasteiger partial charge in [0.25, 0.3) is 0 Å². The number of ether oxygens (including phenoxy) is 1. The highest BCUT2D eigenvalue weighted by Gasteiger charge is 2.25. The third-order valence-electron chi connectivity index (χ3n) is 3.84. The van der Waals surface area contributed by atoms with Crippen LogP contribution in [-0.2, 0) is 16.0 Å². The summed E-state index contributed by atoms with van der Waals surface area (Å²) in [5, 5.41) is 13.3. The maximum atomic E-state index is 11.6. The molecule has 8 heteroatoms. The van der Waals surface area contributed by atoms with Crippen molar-refractivity contribution in [1.29, 1.82) is 0 Å². The van der Waals surface area contributed by atoms with Gasteiger partial charge in [-0.1, -0.05) is 18.3 Å². The molecule has 1 aliphatic heterocycles. The molecule has 1 aliphatic rings. The van der Waals surface area contributed by atoms with Gasteiger partial charge >= 0.3 is 0 Å². The molecule has 0 aromatic carbocycles. The lowest BCUT2D eigenvalue weighted by atomic mass is 10.1. The van der Waals surface area contributed by atoms with E-state index in [4.69, 9.17) is 4.74 Å². The van der Waals surface area contributed by atoms with E-state index in [-0.39, 0.29) is 12.0 Å². The molecule has 0 saturated carbocycles. The van der Waals surface area contributed by atoms with Crippen molar-refractivity contribution in [3.05, 3.63) is 28.5 Å². The molecule has 1 N–H and O–H groups in total. The van der Waals surface area contributed by atoms with Gasteiger partial charge in [-0.3, -0.25) is 9.78 Å². The molecule has 0 spiro atoms. The Bertz CT molecular complexity index is 733. The van der Waals surface area contributed by atoms with Gasteiger partial charge in [0, 0.05) is 24.8 Å². The van der Waals surface area contributed by atoms with E-state index in [1.807, 2.05) is 19.1 Å². The average Bonchev–Trinajstić information content (AvgIpc) is 3.02. The average molecular weight is 347 g/mol. The summed E-state index contributed by atoms with van der Waals surface area (Å²) in [6.07, 6.45) is 0.667. The van der Waals surface area contributed by atoms with Crippen molar-refractivity contribution in [1.82, 2.24) is 20.1 Å². The maximum absolute atomic E-state index is 11.6. The number of amides is 1. The van der Waals surface area contributed by atoms with Crippen LogP contribution in [0.25, 0.3) is 0 Å². The number of aryl methyl sites for hydroxylation is 2. The normalized spacial score (nSPS) is 17.8. The van der Waals surface area contributed by atoms with Gasteiger partial charge in [0.15, 0.2) is 0 Å². The minimum Gasteiger partial charge on any atom is -0.368 e. The predicted octanol–water partition coefficient (Wildman–Crippen LogP) is 2.47. The fraction of sp³-hybridized carbons (Fsp3) is 0.500. The van der Waals surface area contributed by atoms with Crippen molar-refractivity contribution in [3.63, 3.8) is 0 Å². The standard InChI is InChI=1S/C16H21N5O2S/c1-4-15-19-20-16(24-15)18-12-7-10(2)17-13(8-12)14-9-21(11(3)22)5-6-23-14/h7-8,14H,4-6,9H2,1-3H3,(H,17,18,20). The SMILES string of the molecule is CCc1nnc(Nc2cc(C)nc(C3CN(C(C)=O)CCO3)c2)s1. The van der Waals surface area contributed by atoms with Crippen molar-refractivity contribution in [2.45, 2.75) is 33.3 Å². The molecule has 128 valence electrons. The van der Waals surface area contributed by atoms with Crippen molar-refractivity contribution in [2.24, 2.45) is 0 Å². The third-order valence-corrected chi connectivity index (χ3v) is 4.82. The predicted molar refractivity (Wildman–Crippen MR) is 92.5 cm³/mol. The lowest BCUT2D eigenvalue weighted by Crippen LogP contribution is -2.41. The number of carbonyl (C=O) groups is 1. The zero-order valence-electron chi connectivity index (χ0n) is 14.1. The summed E-state index contributed by atoms with van der Waals surface area (Å²) < 4.78 is 5.82. The number of hydrogen-bond donors (Lipinski definition) is 1. The first-order valence-corrected chi connectivity index (χ1v) is 8.82. The van der Waals surface area contributed by atoms with Crippen molar-refractivity contribution < 1.29 is 9.53 Å². The van der Waals surface area contributed by atoms with E-state index in [2.05, 4.69) is 27.4 Å². The molecule has 3 heterocycles. The van der Waals surface area contributed by atoms with Crippen LogP contribution in [0.1, 0.15) is 36.3 Å². The molecule has 0 bridgehead atoms. The lowest BCUT2D eigenvalue weighted by Gasteiger charge is -2.32. The Hall–Kier alpha value is -2.06. The number of pyridine rings is 1. The molecule has 2 aromatic heterocycles. The van der Waals surface area contributed by atoms with Gasteiger partial charge in [0.05, 0.1) is 18.8 Å². The van der Waals surface area contributed by atoms with Crippen LogP contribution in [0.5, 0.6) is 0 Å². The second kappa shape index (κ2) is 7.23. The fourth-order valence-electron chi connectivity index (χ4n) is 2.62. The van der Waals surface area contributed by atoms with Gasteiger partial charge in [-0.2, -0.15) is 0 Å². The third kappa shape index (κ3) is 3.88. The summed E-state index contributed by atoms with van der Waals surface area (Å²) in [6.45, 7) is 7.27. The Kier molecular flexibility index (Phi) is 5.06. The van der Waals surface area contributed by atoms with Crippen LogP contribution in [0.2, 0.25) is 0 Å². The number of anilines is 2. The molecule has 24 heavy (non-hydrogen) atoms. The second-order valence-electron chi connectivity index (χ2n) is 5.73. The number of nitrogens with one attached hydrogen (secondary N) is 1. The first-order valence-electron chi connectivity index (χ1n) is 8.00. The summed E-state index contributed by atoms with van der Waals surface area (Å²) in [5.41, 5.74) is 2.61. The van der Waals surface area contributed by atoms with Gasteiger partial charge < -0.3 is 15.0 Å². The number of carbonyl (C=O) groups excluding carboxylic acids is 1. The van der Waals surface area contributed by atoms with E-state index in [0.29, 0.717) is 19.7 Å². The molecule has 3 rings (SSSR count). The Balaban J connectivity index is 1.79. The highest BCUT2D eigenvalue weighted by molar-refractivity contribution is 7.15. The highest BCUT2D eigenvalue weighted by atomic mass is 32.1. The Morgan fingerprint density at radius 3 is 3.00 bits per heavy atom. The number of nitrogens with zero attached hydrogens (tertiary/aromatic N) is 4. The zero-order valence-corrected chi connectivity index (χ0v) is 14.9. The van der Waals surface area contributed by atoms with E-state index < -0.39 is 0 Å². The molecule has 1 amide bonds. The molecule has 0 radical (unpaired) electrons. The van der Waals surface area contributed by atoms with E-state index in [0.717, 1.165) is 33.6 Å². The first kappa shape index (κ1) is 16.8. The van der Waals surface area contributed by atoms with Gasteiger partial charge in [0.2, 0.25) is 11.0 Å². The van der Waals surface area contributed by atoms with E-state index >= 15 is 0 Å². The van der Waals surface area contributed by atoms with Gasteiger partial charge in [-0.15, -0.1) is 10.2 Å².